The third kappa shape index (κ3) is 3.57. The maximum absolute atomic E-state index is 13.0. The first-order valence-corrected chi connectivity index (χ1v) is 10.6. The molecular formula is C25H29NO4. The summed E-state index contributed by atoms with van der Waals surface area (Å²) in [6.45, 7) is 6.73. The number of ether oxygens (including phenoxy) is 1. The van der Waals surface area contributed by atoms with Crippen LogP contribution in [-0.2, 0) is 9.53 Å². The largest absolute Gasteiger partial charge is 0.480 e. The maximum Gasteiger partial charge on any atom is 0.410 e. The summed E-state index contributed by atoms with van der Waals surface area (Å²) in [5, 5.41) is 9.88. The molecule has 158 valence electrons. The van der Waals surface area contributed by atoms with Gasteiger partial charge in [0.05, 0.1) is 0 Å². The minimum absolute atomic E-state index is 0.0344. The fraction of sp³-hybridized carbons (Fsp3) is 0.440. The van der Waals surface area contributed by atoms with Gasteiger partial charge in [0.1, 0.15) is 12.6 Å². The average Bonchev–Trinajstić information content (AvgIpc) is 3.04. The van der Waals surface area contributed by atoms with Crippen LogP contribution in [0.2, 0.25) is 0 Å². The molecule has 1 amide bonds. The van der Waals surface area contributed by atoms with Gasteiger partial charge >= 0.3 is 12.1 Å². The number of fused-ring (bicyclic) bond motifs is 3. The number of nitrogens with zero attached hydrogens (tertiary/aromatic N) is 1. The molecule has 5 heteroatoms. The van der Waals surface area contributed by atoms with Crippen molar-refractivity contribution in [2.75, 3.05) is 13.2 Å². The van der Waals surface area contributed by atoms with Crippen LogP contribution in [0.15, 0.2) is 48.5 Å². The maximum atomic E-state index is 13.0. The summed E-state index contributed by atoms with van der Waals surface area (Å²) >= 11 is 0. The van der Waals surface area contributed by atoms with E-state index in [1.807, 2.05) is 45.0 Å². The van der Waals surface area contributed by atoms with Gasteiger partial charge < -0.3 is 9.84 Å². The van der Waals surface area contributed by atoms with Gasteiger partial charge in [0.2, 0.25) is 0 Å². The predicted octanol–water partition coefficient (Wildman–Crippen LogP) is 5.15. The van der Waals surface area contributed by atoms with Crippen LogP contribution in [0.4, 0.5) is 4.79 Å². The Morgan fingerprint density at radius 1 is 1.03 bits per heavy atom. The van der Waals surface area contributed by atoms with Crippen LogP contribution in [0.1, 0.15) is 50.7 Å². The molecule has 4 rings (SSSR count). The van der Waals surface area contributed by atoms with Gasteiger partial charge in [-0.25, -0.2) is 9.59 Å². The van der Waals surface area contributed by atoms with Gasteiger partial charge in [-0.1, -0.05) is 69.3 Å². The van der Waals surface area contributed by atoms with E-state index in [2.05, 4.69) is 24.3 Å². The zero-order chi connectivity index (χ0) is 21.5. The smallest absolute Gasteiger partial charge is 0.410 e. The minimum atomic E-state index is -0.955. The summed E-state index contributed by atoms with van der Waals surface area (Å²) in [5.74, 6) is -1.10. The van der Waals surface area contributed by atoms with Gasteiger partial charge in [0, 0.05) is 12.5 Å². The Balaban J connectivity index is 1.54. The number of amides is 1. The first kappa shape index (κ1) is 20.5. The number of piperidine rings is 1. The van der Waals surface area contributed by atoms with E-state index >= 15 is 0 Å². The number of benzene rings is 2. The molecule has 1 fully saturated rings. The van der Waals surface area contributed by atoms with Crippen molar-refractivity contribution in [3.63, 3.8) is 0 Å². The lowest BCUT2D eigenvalue weighted by Crippen LogP contribution is -2.55. The normalized spacial score (nSPS) is 21.1. The second-order valence-electron chi connectivity index (χ2n) is 9.40. The van der Waals surface area contributed by atoms with E-state index in [0.29, 0.717) is 6.54 Å². The molecule has 1 aliphatic carbocycles. The third-order valence-corrected chi connectivity index (χ3v) is 6.57. The van der Waals surface area contributed by atoms with Crippen LogP contribution in [0.5, 0.6) is 0 Å². The average molecular weight is 408 g/mol. The van der Waals surface area contributed by atoms with Crippen molar-refractivity contribution in [2.45, 2.75) is 45.6 Å². The Kier molecular flexibility index (Phi) is 5.31. The van der Waals surface area contributed by atoms with Crippen molar-refractivity contribution < 1.29 is 19.4 Å². The van der Waals surface area contributed by atoms with Crippen molar-refractivity contribution in [1.82, 2.24) is 4.90 Å². The first-order chi connectivity index (χ1) is 14.3. The number of hydrogen-bond acceptors (Lipinski definition) is 3. The second kappa shape index (κ2) is 7.78. The molecule has 1 heterocycles. The highest BCUT2D eigenvalue weighted by Gasteiger charge is 2.45. The lowest BCUT2D eigenvalue weighted by molar-refractivity contribution is -0.148. The van der Waals surface area contributed by atoms with Crippen molar-refractivity contribution in [2.24, 2.45) is 11.3 Å². The quantitative estimate of drug-likeness (QED) is 0.764. The van der Waals surface area contributed by atoms with Gasteiger partial charge in [-0.3, -0.25) is 4.90 Å². The molecule has 2 aromatic carbocycles. The number of carboxylic acids is 1. The first-order valence-electron chi connectivity index (χ1n) is 10.6. The van der Waals surface area contributed by atoms with Crippen molar-refractivity contribution >= 4 is 12.1 Å². The van der Waals surface area contributed by atoms with Crippen LogP contribution in [0, 0.1) is 11.3 Å². The molecule has 1 aliphatic heterocycles. The third-order valence-electron chi connectivity index (χ3n) is 6.57. The van der Waals surface area contributed by atoms with E-state index in [4.69, 9.17) is 4.74 Å². The van der Waals surface area contributed by atoms with Gasteiger partial charge in [-0.15, -0.1) is 0 Å². The lowest BCUT2D eigenvalue weighted by atomic mass is 9.71. The van der Waals surface area contributed by atoms with Gasteiger partial charge in [-0.2, -0.15) is 0 Å². The number of rotatable bonds is 3. The van der Waals surface area contributed by atoms with Gasteiger partial charge in [0.25, 0.3) is 0 Å². The van der Waals surface area contributed by atoms with Crippen LogP contribution in [0.25, 0.3) is 11.1 Å². The molecule has 0 radical (unpaired) electrons. The Morgan fingerprint density at radius 3 is 2.13 bits per heavy atom. The summed E-state index contributed by atoms with van der Waals surface area (Å²) in [4.78, 5) is 26.5. The number of carboxylic acid groups (broad SMARTS) is 1. The number of carbonyl (C=O) groups excluding carboxylic acids is 1. The lowest BCUT2D eigenvalue weighted by Gasteiger charge is -2.44. The van der Waals surface area contributed by atoms with Crippen molar-refractivity contribution in [3.05, 3.63) is 59.7 Å². The Bertz CT molecular complexity index is 916. The molecule has 30 heavy (non-hydrogen) atoms. The summed E-state index contributed by atoms with van der Waals surface area (Å²) in [7, 11) is 0. The molecule has 1 N–H and O–H groups in total. The summed E-state index contributed by atoms with van der Waals surface area (Å²) < 4.78 is 5.74. The van der Waals surface area contributed by atoms with E-state index in [1.165, 1.54) is 16.0 Å². The number of aliphatic carboxylic acids is 1. The van der Waals surface area contributed by atoms with E-state index in [9.17, 15) is 14.7 Å². The molecule has 2 aromatic rings. The van der Waals surface area contributed by atoms with E-state index in [0.717, 1.165) is 24.0 Å². The number of hydrogen-bond donors (Lipinski definition) is 1. The minimum Gasteiger partial charge on any atom is -0.480 e. The molecule has 0 bridgehead atoms. The second-order valence-corrected chi connectivity index (χ2v) is 9.40. The Labute approximate surface area is 177 Å². The summed E-state index contributed by atoms with van der Waals surface area (Å²) in [6, 6.07) is 15.5. The molecular weight excluding hydrogens is 378 g/mol. The zero-order valence-electron chi connectivity index (χ0n) is 17.8. The van der Waals surface area contributed by atoms with E-state index < -0.39 is 18.1 Å². The molecule has 0 saturated carbocycles. The van der Waals surface area contributed by atoms with Crippen LogP contribution >= 0.6 is 0 Å². The fourth-order valence-corrected chi connectivity index (χ4v) is 5.09. The summed E-state index contributed by atoms with van der Waals surface area (Å²) in [5.41, 5.74) is 4.43. The van der Waals surface area contributed by atoms with Gasteiger partial charge in [0.15, 0.2) is 0 Å². The standard InChI is InChI=1S/C25H29NO4/c1-25(2,3)21-13-8-14-26(22(21)23(27)28)24(29)30-15-20-18-11-6-4-9-16(18)17-10-5-7-12-19(17)20/h4-7,9-12,20-22H,8,13-15H2,1-3H3,(H,27,28)/t21-,22+/m1/s1. The summed E-state index contributed by atoms with van der Waals surface area (Å²) in [6.07, 6.45) is 1.06. The molecule has 0 spiro atoms. The molecule has 5 nitrogen and oxygen atoms in total. The van der Waals surface area contributed by atoms with E-state index in [-0.39, 0.29) is 23.9 Å². The highest BCUT2D eigenvalue weighted by atomic mass is 16.6. The molecule has 0 unspecified atom stereocenters. The molecule has 2 atom stereocenters. The van der Waals surface area contributed by atoms with E-state index in [1.54, 1.807) is 0 Å². The Morgan fingerprint density at radius 2 is 1.60 bits per heavy atom. The highest BCUT2D eigenvalue weighted by Crippen LogP contribution is 2.45. The predicted molar refractivity (Wildman–Crippen MR) is 115 cm³/mol. The van der Waals surface area contributed by atoms with Gasteiger partial charge in [-0.05, 0) is 46.4 Å². The number of likely N-dealkylation sites (tertiary alicyclic amines) is 1. The van der Waals surface area contributed by atoms with Crippen LogP contribution in [0.3, 0.4) is 0 Å². The molecule has 0 aromatic heterocycles. The van der Waals surface area contributed by atoms with Crippen molar-refractivity contribution in [3.8, 4) is 11.1 Å². The van der Waals surface area contributed by atoms with Crippen molar-refractivity contribution in [1.29, 1.82) is 0 Å². The fourth-order valence-electron chi connectivity index (χ4n) is 5.09. The van der Waals surface area contributed by atoms with Crippen LogP contribution in [-0.4, -0.2) is 41.3 Å². The molecule has 1 saturated heterocycles. The zero-order valence-corrected chi connectivity index (χ0v) is 17.8. The monoisotopic (exact) mass is 407 g/mol. The molecule has 2 aliphatic rings. The topological polar surface area (TPSA) is 66.8 Å². The Hall–Kier alpha value is -2.82. The van der Waals surface area contributed by atoms with Crippen LogP contribution < -0.4 is 0 Å². The highest BCUT2D eigenvalue weighted by molar-refractivity contribution is 5.81. The number of carbonyl (C=O) groups is 2. The SMILES string of the molecule is CC(C)(C)[C@@H]1CCCN(C(=O)OCC2c3ccccc3-c3ccccc32)[C@@H]1C(=O)O.